The van der Waals surface area contributed by atoms with E-state index in [9.17, 15) is 0 Å². The van der Waals surface area contributed by atoms with Gasteiger partial charge in [0.15, 0.2) is 5.96 Å². The molecule has 0 aromatic rings. The first-order chi connectivity index (χ1) is 11.2. The summed E-state index contributed by atoms with van der Waals surface area (Å²) in [7, 11) is 1.86. The number of nitrogens with one attached hydrogen (secondary N) is 1. The number of guanidine groups is 1. The molecule has 0 aromatic carbocycles. The smallest absolute Gasteiger partial charge is 0.193 e. The lowest BCUT2D eigenvalue weighted by Crippen LogP contribution is -2.53. The number of nitrogens with zero attached hydrogens (tertiary/aromatic N) is 2. The van der Waals surface area contributed by atoms with Crippen LogP contribution in [0.5, 0.6) is 0 Å². The fraction of sp³-hybridized carbons (Fsp3) is 0.941. The van der Waals surface area contributed by atoms with Gasteiger partial charge in [-0.05, 0) is 25.7 Å². The molecule has 7 heteroatoms. The van der Waals surface area contributed by atoms with Crippen LogP contribution in [0.2, 0.25) is 0 Å². The molecule has 0 radical (unpaired) electrons. The maximum atomic E-state index is 6.04. The number of hydrogen-bond donors (Lipinski definition) is 1. The SMILES string of the molecule is CN=C(NCC1(C)COC1)N1CCC(OCC2CCCO2)CC1.I. The lowest BCUT2D eigenvalue weighted by Gasteiger charge is -2.40. The molecule has 3 aliphatic heterocycles. The van der Waals surface area contributed by atoms with Crippen LogP contribution >= 0.6 is 24.0 Å². The Bertz CT molecular complexity index is 404. The van der Waals surface area contributed by atoms with Gasteiger partial charge in [0.2, 0.25) is 0 Å². The van der Waals surface area contributed by atoms with E-state index in [2.05, 4.69) is 22.1 Å². The third kappa shape index (κ3) is 5.44. The molecular weight excluding hydrogens is 421 g/mol. The summed E-state index contributed by atoms with van der Waals surface area (Å²) in [5.74, 6) is 1.01. The first-order valence-corrected chi connectivity index (χ1v) is 8.95. The van der Waals surface area contributed by atoms with Gasteiger partial charge in [0, 0.05) is 38.7 Å². The number of aliphatic imine (C=N–C) groups is 1. The molecule has 3 fully saturated rings. The van der Waals surface area contributed by atoms with Gasteiger partial charge in [0.1, 0.15) is 0 Å². The predicted octanol–water partition coefficient (Wildman–Crippen LogP) is 1.88. The van der Waals surface area contributed by atoms with Crippen molar-refractivity contribution in [2.75, 3.05) is 53.1 Å². The molecule has 0 spiro atoms. The molecule has 24 heavy (non-hydrogen) atoms. The van der Waals surface area contributed by atoms with Crippen molar-refractivity contribution in [2.45, 2.75) is 44.8 Å². The highest BCUT2D eigenvalue weighted by Gasteiger charge is 2.34. The van der Waals surface area contributed by atoms with Crippen molar-refractivity contribution in [3.8, 4) is 0 Å². The van der Waals surface area contributed by atoms with Crippen LogP contribution in [0.15, 0.2) is 4.99 Å². The highest BCUT2D eigenvalue weighted by Crippen LogP contribution is 2.25. The molecular formula is C17H32IN3O3. The van der Waals surface area contributed by atoms with Gasteiger partial charge < -0.3 is 24.4 Å². The van der Waals surface area contributed by atoms with E-state index in [0.29, 0.717) is 12.2 Å². The normalized spacial score (nSPS) is 27.5. The van der Waals surface area contributed by atoms with E-state index in [1.165, 1.54) is 6.42 Å². The summed E-state index contributed by atoms with van der Waals surface area (Å²) in [5, 5.41) is 3.51. The van der Waals surface area contributed by atoms with E-state index in [4.69, 9.17) is 14.2 Å². The molecule has 140 valence electrons. The summed E-state index contributed by atoms with van der Waals surface area (Å²) in [4.78, 5) is 6.78. The molecule has 0 aliphatic carbocycles. The Kier molecular flexibility index (Phi) is 8.03. The summed E-state index contributed by atoms with van der Waals surface area (Å²) in [5.41, 5.74) is 0.263. The number of halogens is 1. The van der Waals surface area contributed by atoms with Crippen LogP contribution in [0.1, 0.15) is 32.6 Å². The fourth-order valence-corrected chi connectivity index (χ4v) is 3.43. The molecule has 3 heterocycles. The van der Waals surface area contributed by atoms with Crippen LogP contribution in [0, 0.1) is 5.41 Å². The average Bonchev–Trinajstić information content (AvgIpc) is 3.06. The van der Waals surface area contributed by atoms with E-state index in [1.54, 1.807) is 0 Å². The highest BCUT2D eigenvalue weighted by molar-refractivity contribution is 14.0. The van der Waals surface area contributed by atoms with Crippen LogP contribution in [0.25, 0.3) is 0 Å². The van der Waals surface area contributed by atoms with Gasteiger partial charge in [-0.25, -0.2) is 0 Å². The molecule has 0 amide bonds. The molecule has 1 unspecified atom stereocenters. The van der Waals surface area contributed by atoms with E-state index < -0.39 is 0 Å². The Hall–Kier alpha value is -0.120. The first kappa shape index (κ1) is 20.2. The largest absolute Gasteiger partial charge is 0.380 e. The molecule has 0 saturated carbocycles. The van der Waals surface area contributed by atoms with Crippen LogP contribution in [-0.2, 0) is 14.2 Å². The highest BCUT2D eigenvalue weighted by atomic mass is 127. The third-order valence-electron chi connectivity index (χ3n) is 5.07. The lowest BCUT2D eigenvalue weighted by atomic mass is 9.89. The second kappa shape index (κ2) is 9.54. The summed E-state index contributed by atoms with van der Waals surface area (Å²) in [6.45, 7) is 8.53. The van der Waals surface area contributed by atoms with Crippen LogP contribution in [0.3, 0.4) is 0 Å². The fourth-order valence-electron chi connectivity index (χ4n) is 3.43. The standard InChI is InChI=1S/C17H31N3O3.HI/c1-17(12-21-13-17)11-19-16(18-2)20-7-5-14(6-8-20)23-10-15-4-3-9-22-15;/h14-15H,3-13H2,1-2H3,(H,18,19);1H. The number of rotatable bonds is 5. The summed E-state index contributed by atoms with van der Waals surface area (Å²) in [6, 6.07) is 0. The molecule has 1 N–H and O–H groups in total. The zero-order valence-corrected chi connectivity index (χ0v) is 17.3. The Balaban J connectivity index is 0.00000208. The molecule has 3 saturated heterocycles. The van der Waals surface area contributed by atoms with E-state index in [1.807, 2.05) is 7.05 Å². The Labute approximate surface area is 162 Å². The molecule has 3 rings (SSSR count). The van der Waals surface area contributed by atoms with Gasteiger partial charge in [-0.15, -0.1) is 24.0 Å². The van der Waals surface area contributed by atoms with Gasteiger partial charge >= 0.3 is 0 Å². The van der Waals surface area contributed by atoms with Gasteiger partial charge in [-0.1, -0.05) is 6.92 Å². The lowest BCUT2D eigenvalue weighted by molar-refractivity contribution is -0.0973. The van der Waals surface area contributed by atoms with Crippen LogP contribution in [-0.4, -0.2) is 76.2 Å². The van der Waals surface area contributed by atoms with Crippen molar-refractivity contribution < 1.29 is 14.2 Å². The number of ether oxygens (including phenoxy) is 3. The van der Waals surface area contributed by atoms with Gasteiger partial charge in [0.25, 0.3) is 0 Å². The first-order valence-electron chi connectivity index (χ1n) is 8.95. The minimum atomic E-state index is 0. The summed E-state index contributed by atoms with van der Waals surface area (Å²) >= 11 is 0. The summed E-state index contributed by atoms with van der Waals surface area (Å²) < 4.78 is 17.0. The Morgan fingerprint density at radius 2 is 2.04 bits per heavy atom. The molecule has 1 atom stereocenters. The Morgan fingerprint density at radius 3 is 2.58 bits per heavy atom. The van der Waals surface area contributed by atoms with E-state index in [0.717, 1.165) is 71.3 Å². The zero-order chi connectivity index (χ0) is 16.1. The molecule has 6 nitrogen and oxygen atoms in total. The van der Waals surface area contributed by atoms with Gasteiger partial charge in [-0.3, -0.25) is 4.99 Å². The average molecular weight is 453 g/mol. The van der Waals surface area contributed by atoms with E-state index >= 15 is 0 Å². The Morgan fingerprint density at radius 1 is 1.29 bits per heavy atom. The van der Waals surface area contributed by atoms with Crippen molar-refractivity contribution in [1.29, 1.82) is 0 Å². The van der Waals surface area contributed by atoms with Crippen LogP contribution in [0.4, 0.5) is 0 Å². The third-order valence-corrected chi connectivity index (χ3v) is 5.07. The van der Waals surface area contributed by atoms with Crippen molar-refractivity contribution in [2.24, 2.45) is 10.4 Å². The number of piperidine rings is 1. The van der Waals surface area contributed by atoms with Crippen molar-refractivity contribution >= 4 is 29.9 Å². The predicted molar refractivity (Wildman–Crippen MR) is 105 cm³/mol. The number of likely N-dealkylation sites (tertiary alicyclic amines) is 1. The minimum absolute atomic E-state index is 0. The second-order valence-corrected chi connectivity index (χ2v) is 7.36. The van der Waals surface area contributed by atoms with Crippen molar-refractivity contribution in [1.82, 2.24) is 10.2 Å². The second-order valence-electron chi connectivity index (χ2n) is 7.36. The van der Waals surface area contributed by atoms with Gasteiger partial charge in [-0.2, -0.15) is 0 Å². The topological polar surface area (TPSA) is 55.3 Å². The molecule has 0 bridgehead atoms. The van der Waals surface area contributed by atoms with Crippen LogP contribution < -0.4 is 5.32 Å². The van der Waals surface area contributed by atoms with Crippen molar-refractivity contribution in [3.05, 3.63) is 0 Å². The maximum Gasteiger partial charge on any atom is 0.193 e. The maximum absolute atomic E-state index is 6.04. The summed E-state index contributed by atoms with van der Waals surface area (Å²) in [6.07, 6.45) is 5.15. The quantitative estimate of drug-likeness (QED) is 0.392. The van der Waals surface area contributed by atoms with E-state index in [-0.39, 0.29) is 29.4 Å². The monoisotopic (exact) mass is 453 g/mol. The zero-order valence-electron chi connectivity index (χ0n) is 15.0. The minimum Gasteiger partial charge on any atom is -0.380 e. The van der Waals surface area contributed by atoms with Gasteiger partial charge in [0.05, 0.1) is 32.0 Å². The molecule has 0 aromatic heterocycles. The molecule has 3 aliphatic rings. The van der Waals surface area contributed by atoms with Crippen molar-refractivity contribution in [3.63, 3.8) is 0 Å². The number of hydrogen-bond acceptors (Lipinski definition) is 4.